The van der Waals surface area contributed by atoms with Crippen LogP contribution >= 0.6 is 11.8 Å². The van der Waals surface area contributed by atoms with Crippen molar-refractivity contribution in [3.8, 4) is 0 Å². The molecule has 0 spiro atoms. The Morgan fingerprint density at radius 1 is 1.22 bits per heavy atom. The number of amides is 1. The predicted molar refractivity (Wildman–Crippen MR) is 107 cm³/mol. The molecule has 6 nitrogen and oxygen atoms in total. The molecule has 27 heavy (non-hydrogen) atoms. The molecule has 0 unspecified atom stereocenters. The van der Waals surface area contributed by atoms with E-state index in [2.05, 4.69) is 32.3 Å². The molecule has 0 bridgehead atoms. The van der Waals surface area contributed by atoms with Crippen molar-refractivity contribution in [1.29, 1.82) is 0 Å². The van der Waals surface area contributed by atoms with Crippen molar-refractivity contribution < 1.29 is 9.53 Å². The van der Waals surface area contributed by atoms with Crippen LogP contribution in [0.4, 0.5) is 5.82 Å². The van der Waals surface area contributed by atoms with E-state index in [0.29, 0.717) is 13.2 Å². The topological polar surface area (TPSA) is 67.3 Å². The molecule has 1 amide bonds. The summed E-state index contributed by atoms with van der Waals surface area (Å²) in [7, 11) is 1.67. The molecule has 0 radical (unpaired) electrons. The van der Waals surface area contributed by atoms with Crippen molar-refractivity contribution in [2.45, 2.75) is 29.2 Å². The molecule has 1 aliphatic rings. The second-order valence-electron chi connectivity index (χ2n) is 6.50. The number of hydrogen-bond acceptors (Lipinski definition) is 6. The average Bonchev–Trinajstić information content (AvgIpc) is 2.72. The van der Waals surface area contributed by atoms with E-state index in [1.165, 1.54) is 0 Å². The van der Waals surface area contributed by atoms with Crippen molar-refractivity contribution in [2.24, 2.45) is 5.92 Å². The van der Waals surface area contributed by atoms with Crippen molar-refractivity contribution in [2.75, 3.05) is 38.3 Å². The second kappa shape index (κ2) is 10.3. The number of carbonyl (C=O) groups is 1. The number of rotatable bonds is 8. The minimum absolute atomic E-state index is 0.0747. The highest BCUT2D eigenvalue weighted by Gasteiger charge is 2.26. The van der Waals surface area contributed by atoms with E-state index < -0.39 is 0 Å². The van der Waals surface area contributed by atoms with Crippen LogP contribution in [0.15, 0.2) is 52.6 Å². The van der Waals surface area contributed by atoms with Gasteiger partial charge in [-0.25, -0.2) is 9.97 Å². The van der Waals surface area contributed by atoms with Crippen LogP contribution in [0.2, 0.25) is 0 Å². The largest absolute Gasteiger partial charge is 0.385 e. The molecule has 2 aromatic rings. The van der Waals surface area contributed by atoms with Crippen molar-refractivity contribution in [3.63, 3.8) is 0 Å². The standard InChI is InChI=1S/C20H26N4O2S/c1-26-15-5-10-22-19(25)16-8-13-24(14-9-16)18-20(23-12-11-21-18)27-17-6-3-2-4-7-17/h2-4,6-7,11-12,16H,5,8-10,13-15H2,1H3,(H,22,25). The number of nitrogens with zero attached hydrogens (tertiary/aromatic N) is 3. The summed E-state index contributed by atoms with van der Waals surface area (Å²) in [5, 5.41) is 3.92. The van der Waals surface area contributed by atoms with Gasteiger partial charge in [-0.2, -0.15) is 0 Å². The summed E-state index contributed by atoms with van der Waals surface area (Å²) in [6.07, 6.45) is 5.99. The van der Waals surface area contributed by atoms with Gasteiger partial charge in [0.2, 0.25) is 5.91 Å². The molecule has 0 atom stereocenters. The van der Waals surface area contributed by atoms with Gasteiger partial charge in [0.25, 0.3) is 0 Å². The Kier molecular flexibility index (Phi) is 7.47. The second-order valence-corrected chi connectivity index (χ2v) is 7.56. The summed E-state index contributed by atoms with van der Waals surface area (Å²) in [4.78, 5) is 24.8. The maximum absolute atomic E-state index is 12.3. The maximum Gasteiger partial charge on any atom is 0.223 e. The lowest BCUT2D eigenvalue weighted by atomic mass is 9.96. The molecule has 144 valence electrons. The molecule has 1 N–H and O–H groups in total. The molecule has 3 rings (SSSR count). The Morgan fingerprint density at radius 2 is 1.96 bits per heavy atom. The van der Waals surface area contributed by atoms with Crippen LogP contribution in [0.3, 0.4) is 0 Å². The summed E-state index contributed by atoms with van der Waals surface area (Å²) in [5.74, 6) is 1.14. The van der Waals surface area contributed by atoms with Gasteiger partial charge in [0.05, 0.1) is 0 Å². The van der Waals surface area contributed by atoms with E-state index in [1.807, 2.05) is 18.2 Å². The van der Waals surface area contributed by atoms with Crippen LogP contribution < -0.4 is 10.2 Å². The number of ether oxygens (including phenoxy) is 1. The van der Waals surface area contributed by atoms with E-state index in [0.717, 1.165) is 48.1 Å². The van der Waals surface area contributed by atoms with E-state index >= 15 is 0 Å². The van der Waals surface area contributed by atoms with Gasteiger partial charge in [-0.05, 0) is 31.4 Å². The Labute approximate surface area is 164 Å². The van der Waals surface area contributed by atoms with Crippen LogP contribution in [-0.2, 0) is 9.53 Å². The van der Waals surface area contributed by atoms with Gasteiger partial charge < -0.3 is 15.0 Å². The number of piperidine rings is 1. The van der Waals surface area contributed by atoms with Gasteiger partial charge in [0, 0.05) is 56.6 Å². The number of nitrogens with one attached hydrogen (secondary N) is 1. The Bertz CT molecular complexity index is 721. The number of methoxy groups -OCH3 is 1. The zero-order chi connectivity index (χ0) is 18.9. The van der Waals surface area contributed by atoms with Crippen molar-refractivity contribution >= 4 is 23.5 Å². The van der Waals surface area contributed by atoms with Crippen LogP contribution in [-0.4, -0.2) is 49.2 Å². The lowest BCUT2D eigenvalue weighted by Crippen LogP contribution is -2.41. The first-order valence-electron chi connectivity index (χ1n) is 9.33. The minimum atomic E-state index is 0.0747. The first kappa shape index (κ1) is 19.6. The fourth-order valence-electron chi connectivity index (χ4n) is 3.13. The van der Waals surface area contributed by atoms with Gasteiger partial charge in [0.15, 0.2) is 5.82 Å². The third-order valence-electron chi connectivity index (χ3n) is 4.59. The van der Waals surface area contributed by atoms with Gasteiger partial charge >= 0.3 is 0 Å². The summed E-state index contributed by atoms with van der Waals surface area (Å²) in [6.45, 7) is 2.98. The molecule has 1 aromatic heterocycles. The first-order chi connectivity index (χ1) is 13.3. The molecular weight excluding hydrogens is 360 g/mol. The molecular formula is C20H26N4O2S. The van der Waals surface area contributed by atoms with E-state index in [4.69, 9.17) is 4.74 Å². The summed E-state index contributed by atoms with van der Waals surface area (Å²) in [6, 6.07) is 10.2. The third-order valence-corrected chi connectivity index (χ3v) is 5.58. The molecule has 1 fully saturated rings. The number of carbonyl (C=O) groups excluding carboxylic acids is 1. The van der Waals surface area contributed by atoms with Crippen LogP contribution in [0.1, 0.15) is 19.3 Å². The molecule has 0 aliphatic carbocycles. The lowest BCUT2D eigenvalue weighted by Gasteiger charge is -2.32. The number of aromatic nitrogens is 2. The molecule has 1 aliphatic heterocycles. The molecule has 0 saturated carbocycles. The fourth-order valence-corrected chi connectivity index (χ4v) is 4.04. The zero-order valence-corrected chi connectivity index (χ0v) is 16.5. The Balaban J connectivity index is 1.56. The number of anilines is 1. The zero-order valence-electron chi connectivity index (χ0n) is 15.6. The quantitative estimate of drug-likeness (QED) is 0.704. The highest BCUT2D eigenvalue weighted by Crippen LogP contribution is 2.33. The maximum atomic E-state index is 12.3. The molecule has 1 aromatic carbocycles. The number of benzene rings is 1. The summed E-state index contributed by atoms with van der Waals surface area (Å²) >= 11 is 1.62. The smallest absolute Gasteiger partial charge is 0.223 e. The van der Waals surface area contributed by atoms with Gasteiger partial charge in [-0.1, -0.05) is 30.0 Å². The lowest BCUT2D eigenvalue weighted by molar-refractivity contribution is -0.125. The Morgan fingerprint density at radius 3 is 2.70 bits per heavy atom. The van der Waals surface area contributed by atoms with Crippen molar-refractivity contribution in [3.05, 3.63) is 42.7 Å². The van der Waals surface area contributed by atoms with Crippen LogP contribution in [0, 0.1) is 5.92 Å². The average molecular weight is 387 g/mol. The molecule has 7 heteroatoms. The molecule has 2 heterocycles. The SMILES string of the molecule is COCCCNC(=O)C1CCN(c2nccnc2Sc2ccccc2)CC1. The third kappa shape index (κ3) is 5.68. The summed E-state index contributed by atoms with van der Waals surface area (Å²) < 4.78 is 5.01. The fraction of sp³-hybridized carbons (Fsp3) is 0.450. The van der Waals surface area contributed by atoms with Crippen molar-refractivity contribution in [1.82, 2.24) is 15.3 Å². The minimum Gasteiger partial charge on any atom is -0.385 e. The van der Waals surface area contributed by atoms with Crippen LogP contribution in [0.5, 0.6) is 0 Å². The normalized spacial score (nSPS) is 14.9. The highest BCUT2D eigenvalue weighted by molar-refractivity contribution is 7.99. The van der Waals surface area contributed by atoms with Gasteiger partial charge in [0.1, 0.15) is 5.03 Å². The van der Waals surface area contributed by atoms with Gasteiger partial charge in [-0.3, -0.25) is 4.79 Å². The highest BCUT2D eigenvalue weighted by atomic mass is 32.2. The Hall–Kier alpha value is -2.12. The van der Waals surface area contributed by atoms with E-state index in [9.17, 15) is 4.79 Å². The predicted octanol–water partition coefficient (Wildman–Crippen LogP) is 3.00. The number of hydrogen-bond donors (Lipinski definition) is 1. The van der Waals surface area contributed by atoms with E-state index in [1.54, 1.807) is 31.3 Å². The molecule has 1 saturated heterocycles. The van der Waals surface area contributed by atoms with E-state index in [-0.39, 0.29) is 11.8 Å². The van der Waals surface area contributed by atoms with Gasteiger partial charge in [-0.15, -0.1) is 0 Å². The monoisotopic (exact) mass is 386 g/mol. The first-order valence-corrected chi connectivity index (χ1v) is 10.1. The summed E-state index contributed by atoms with van der Waals surface area (Å²) in [5.41, 5.74) is 0. The van der Waals surface area contributed by atoms with Crippen LogP contribution in [0.25, 0.3) is 0 Å².